The zero-order valence-electron chi connectivity index (χ0n) is 9.97. The van der Waals surface area contributed by atoms with Crippen molar-refractivity contribution in [1.29, 1.82) is 0 Å². The third-order valence-electron chi connectivity index (χ3n) is 3.78. The van der Waals surface area contributed by atoms with Gasteiger partial charge in [0.15, 0.2) is 0 Å². The third-order valence-corrected chi connectivity index (χ3v) is 3.78. The summed E-state index contributed by atoms with van der Waals surface area (Å²) in [5, 5.41) is 7.22. The first-order valence-corrected chi connectivity index (χ1v) is 6.47. The summed E-state index contributed by atoms with van der Waals surface area (Å²) in [7, 11) is 2.22. The topological polar surface area (TPSA) is 27.3 Å². The average Bonchev–Trinajstić information content (AvgIpc) is 2.52. The summed E-state index contributed by atoms with van der Waals surface area (Å²) in [6.07, 6.45) is 5.45. The SMILES string of the molecule is CN1CCC(NCC2CCCNCC2)C1. The van der Waals surface area contributed by atoms with Gasteiger partial charge in [0.1, 0.15) is 0 Å². The molecule has 15 heavy (non-hydrogen) atoms. The largest absolute Gasteiger partial charge is 0.317 e. The highest BCUT2D eigenvalue weighted by molar-refractivity contribution is 4.80. The van der Waals surface area contributed by atoms with Gasteiger partial charge in [0.2, 0.25) is 0 Å². The Morgan fingerprint density at radius 1 is 1.27 bits per heavy atom. The number of hydrogen-bond acceptors (Lipinski definition) is 3. The summed E-state index contributed by atoms with van der Waals surface area (Å²) in [5.41, 5.74) is 0. The molecule has 0 aliphatic carbocycles. The number of nitrogens with zero attached hydrogens (tertiary/aromatic N) is 1. The molecule has 0 saturated carbocycles. The number of likely N-dealkylation sites (N-methyl/N-ethyl adjacent to an activating group) is 1. The zero-order chi connectivity index (χ0) is 10.5. The van der Waals surface area contributed by atoms with Crippen LogP contribution < -0.4 is 10.6 Å². The maximum atomic E-state index is 3.74. The lowest BCUT2D eigenvalue weighted by Gasteiger charge is -2.18. The average molecular weight is 211 g/mol. The number of rotatable bonds is 3. The molecule has 88 valence electrons. The number of likely N-dealkylation sites (tertiary alicyclic amines) is 1. The lowest BCUT2D eigenvalue weighted by atomic mass is 10.0. The summed E-state index contributed by atoms with van der Waals surface area (Å²) in [6.45, 7) is 6.19. The highest BCUT2D eigenvalue weighted by Crippen LogP contribution is 2.13. The molecular weight excluding hydrogens is 186 g/mol. The lowest BCUT2D eigenvalue weighted by Crippen LogP contribution is -2.35. The van der Waals surface area contributed by atoms with Crippen LogP contribution in [0.5, 0.6) is 0 Å². The van der Waals surface area contributed by atoms with Crippen molar-refractivity contribution in [2.24, 2.45) is 5.92 Å². The van der Waals surface area contributed by atoms with E-state index in [-0.39, 0.29) is 0 Å². The van der Waals surface area contributed by atoms with Crippen molar-refractivity contribution in [1.82, 2.24) is 15.5 Å². The molecule has 0 radical (unpaired) electrons. The molecule has 3 heteroatoms. The monoisotopic (exact) mass is 211 g/mol. The standard InChI is InChI=1S/C12H25N3/c1-15-8-5-12(10-15)14-9-11-3-2-6-13-7-4-11/h11-14H,2-10H2,1H3. The minimum atomic E-state index is 0.756. The van der Waals surface area contributed by atoms with Crippen LogP contribution in [-0.4, -0.2) is 50.7 Å². The zero-order valence-corrected chi connectivity index (χ0v) is 9.97. The van der Waals surface area contributed by atoms with Gasteiger partial charge in [0.05, 0.1) is 0 Å². The van der Waals surface area contributed by atoms with Gasteiger partial charge >= 0.3 is 0 Å². The Bertz CT molecular complexity index is 176. The molecule has 3 nitrogen and oxygen atoms in total. The van der Waals surface area contributed by atoms with E-state index in [4.69, 9.17) is 0 Å². The fourth-order valence-electron chi connectivity index (χ4n) is 2.73. The normalized spacial score (nSPS) is 34.2. The molecular formula is C12H25N3. The van der Waals surface area contributed by atoms with Crippen molar-refractivity contribution in [2.45, 2.75) is 31.7 Å². The van der Waals surface area contributed by atoms with Gasteiger partial charge in [-0.2, -0.15) is 0 Å². The van der Waals surface area contributed by atoms with Crippen LogP contribution in [0.25, 0.3) is 0 Å². The molecule has 0 amide bonds. The maximum absolute atomic E-state index is 3.74. The van der Waals surface area contributed by atoms with Crippen LogP contribution in [0, 0.1) is 5.92 Å². The molecule has 2 aliphatic heterocycles. The van der Waals surface area contributed by atoms with Gasteiger partial charge in [-0.1, -0.05) is 0 Å². The summed E-state index contributed by atoms with van der Waals surface area (Å²) in [4.78, 5) is 2.42. The second-order valence-electron chi connectivity index (χ2n) is 5.20. The summed E-state index contributed by atoms with van der Waals surface area (Å²) < 4.78 is 0. The number of hydrogen-bond donors (Lipinski definition) is 2. The van der Waals surface area contributed by atoms with Crippen molar-refractivity contribution in [3.63, 3.8) is 0 Å². The smallest absolute Gasteiger partial charge is 0.0207 e. The Morgan fingerprint density at radius 2 is 2.20 bits per heavy atom. The predicted octanol–water partition coefficient (Wildman–Crippen LogP) is 0.670. The molecule has 2 N–H and O–H groups in total. The summed E-state index contributed by atoms with van der Waals surface area (Å²) >= 11 is 0. The van der Waals surface area contributed by atoms with E-state index in [9.17, 15) is 0 Å². The fourth-order valence-corrected chi connectivity index (χ4v) is 2.73. The van der Waals surface area contributed by atoms with Crippen molar-refractivity contribution in [3.05, 3.63) is 0 Å². The van der Waals surface area contributed by atoms with Crippen LogP contribution in [0.2, 0.25) is 0 Å². The molecule has 0 spiro atoms. The van der Waals surface area contributed by atoms with Crippen molar-refractivity contribution < 1.29 is 0 Å². The van der Waals surface area contributed by atoms with Crippen LogP contribution in [0.15, 0.2) is 0 Å². The molecule has 0 bridgehead atoms. The highest BCUT2D eigenvalue weighted by Gasteiger charge is 2.20. The van der Waals surface area contributed by atoms with E-state index in [1.54, 1.807) is 0 Å². The van der Waals surface area contributed by atoms with Gasteiger partial charge < -0.3 is 15.5 Å². The summed E-state index contributed by atoms with van der Waals surface area (Å²) in [6, 6.07) is 0.756. The quantitative estimate of drug-likeness (QED) is 0.718. The van der Waals surface area contributed by atoms with E-state index in [0.29, 0.717) is 0 Å². The molecule has 2 fully saturated rings. The minimum Gasteiger partial charge on any atom is -0.317 e. The highest BCUT2D eigenvalue weighted by atomic mass is 15.2. The Labute approximate surface area is 93.6 Å². The molecule has 2 rings (SSSR count). The van der Waals surface area contributed by atoms with Gasteiger partial charge in [-0.25, -0.2) is 0 Å². The van der Waals surface area contributed by atoms with Gasteiger partial charge in [-0.05, 0) is 64.8 Å². The van der Waals surface area contributed by atoms with Gasteiger partial charge in [0, 0.05) is 12.6 Å². The molecule has 2 heterocycles. The van der Waals surface area contributed by atoms with Crippen LogP contribution >= 0.6 is 0 Å². The van der Waals surface area contributed by atoms with E-state index in [1.165, 1.54) is 58.4 Å². The molecule has 2 aliphatic rings. The van der Waals surface area contributed by atoms with Crippen LogP contribution in [0.1, 0.15) is 25.7 Å². The Morgan fingerprint density at radius 3 is 3.00 bits per heavy atom. The number of nitrogens with one attached hydrogen (secondary N) is 2. The second-order valence-corrected chi connectivity index (χ2v) is 5.20. The third kappa shape index (κ3) is 3.74. The van der Waals surface area contributed by atoms with Gasteiger partial charge in [-0.15, -0.1) is 0 Å². The Balaban J connectivity index is 1.63. The second kappa shape index (κ2) is 5.83. The van der Waals surface area contributed by atoms with Crippen LogP contribution in [0.3, 0.4) is 0 Å². The van der Waals surface area contributed by atoms with Crippen molar-refractivity contribution in [3.8, 4) is 0 Å². The molecule has 2 saturated heterocycles. The van der Waals surface area contributed by atoms with E-state index in [0.717, 1.165) is 12.0 Å². The molecule has 2 atom stereocenters. The lowest BCUT2D eigenvalue weighted by molar-refractivity contribution is 0.373. The Kier molecular flexibility index (Phi) is 4.42. The first kappa shape index (κ1) is 11.4. The van der Waals surface area contributed by atoms with Crippen LogP contribution in [0.4, 0.5) is 0 Å². The Hall–Kier alpha value is -0.120. The van der Waals surface area contributed by atoms with Crippen LogP contribution in [-0.2, 0) is 0 Å². The predicted molar refractivity (Wildman–Crippen MR) is 64.1 cm³/mol. The maximum Gasteiger partial charge on any atom is 0.0207 e. The summed E-state index contributed by atoms with van der Waals surface area (Å²) in [5.74, 6) is 0.908. The van der Waals surface area contributed by atoms with Gasteiger partial charge in [0.25, 0.3) is 0 Å². The van der Waals surface area contributed by atoms with E-state index in [2.05, 4.69) is 22.6 Å². The first-order valence-electron chi connectivity index (χ1n) is 6.47. The van der Waals surface area contributed by atoms with E-state index >= 15 is 0 Å². The molecule has 0 aromatic heterocycles. The molecule has 0 aromatic rings. The first-order chi connectivity index (χ1) is 7.34. The molecule has 0 aromatic carbocycles. The van der Waals surface area contributed by atoms with Gasteiger partial charge in [-0.3, -0.25) is 0 Å². The van der Waals surface area contributed by atoms with E-state index < -0.39 is 0 Å². The fraction of sp³-hybridized carbons (Fsp3) is 1.00. The molecule has 2 unspecified atom stereocenters. The van der Waals surface area contributed by atoms with E-state index in [1.807, 2.05) is 0 Å². The minimum absolute atomic E-state index is 0.756. The van der Waals surface area contributed by atoms with Crippen molar-refractivity contribution in [2.75, 3.05) is 39.8 Å². The van der Waals surface area contributed by atoms with Crippen molar-refractivity contribution >= 4 is 0 Å².